The fourth-order valence-electron chi connectivity index (χ4n) is 6.61. The lowest BCUT2D eigenvalue weighted by Crippen LogP contribution is -1.96. The third kappa shape index (κ3) is 3.78. The molecule has 0 unspecified atom stereocenters. The first kappa shape index (κ1) is 24.6. The van der Waals surface area contributed by atoms with E-state index in [9.17, 15) is 0 Å². The van der Waals surface area contributed by atoms with E-state index in [0.29, 0.717) is 0 Å². The van der Waals surface area contributed by atoms with E-state index in [0.717, 1.165) is 34.0 Å². The summed E-state index contributed by atoms with van der Waals surface area (Å²) >= 11 is 0. The molecule has 44 heavy (non-hydrogen) atoms. The topological polar surface area (TPSA) is 35.6 Å². The Morgan fingerprint density at radius 1 is 0.386 bits per heavy atom. The van der Waals surface area contributed by atoms with Gasteiger partial charge in [0.2, 0.25) is 0 Å². The zero-order valence-electron chi connectivity index (χ0n) is 23.8. The number of hydrogen-bond donors (Lipinski definition) is 0. The van der Waals surface area contributed by atoms with Gasteiger partial charge in [-0.3, -0.25) is 0 Å². The third-order valence-corrected chi connectivity index (χ3v) is 8.60. The summed E-state index contributed by atoms with van der Waals surface area (Å²) in [6.07, 6.45) is 1.83. The van der Waals surface area contributed by atoms with E-state index in [1.54, 1.807) is 0 Å². The van der Waals surface area contributed by atoms with Crippen molar-refractivity contribution in [3.63, 3.8) is 0 Å². The van der Waals surface area contributed by atoms with Gasteiger partial charge in [-0.1, -0.05) is 84.9 Å². The molecular formula is C40H26N4. The van der Waals surface area contributed by atoms with Crippen LogP contribution in [-0.4, -0.2) is 19.1 Å². The number of hydrogen-bond acceptors (Lipinski definition) is 2. The maximum Gasteiger partial charge on any atom is 0.159 e. The maximum atomic E-state index is 4.86. The van der Waals surface area contributed by atoms with Crippen molar-refractivity contribution in [1.29, 1.82) is 0 Å². The number of aromatic nitrogens is 4. The highest BCUT2D eigenvalue weighted by atomic mass is 15.0. The minimum Gasteiger partial charge on any atom is -0.309 e. The van der Waals surface area contributed by atoms with E-state index < -0.39 is 0 Å². The second kappa shape index (κ2) is 9.79. The SMILES string of the molecule is c1ccc(-c2ccnc(-c3ccc(-n4c5ccccc5c5cc(-n6c7ccccc7c7ccccc76)ccc54)cc3)n2)cc1. The van der Waals surface area contributed by atoms with Gasteiger partial charge in [0.15, 0.2) is 5.82 Å². The molecule has 9 aromatic rings. The first-order valence-corrected chi connectivity index (χ1v) is 14.8. The molecular weight excluding hydrogens is 536 g/mol. The van der Waals surface area contributed by atoms with Crippen molar-refractivity contribution in [1.82, 2.24) is 19.1 Å². The quantitative estimate of drug-likeness (QED) is 0.214. The van der Waals surface area contributed by atoms with Crippen molar-refractivity contribution in [3.05, 3.63) is 158 Å². The van der Waals surface area contributed by atoms with Crippen molar-refractivity contribution in [2.45, 2.75) is 0 Å². The second-order valence-corrected chi connectivity index (χ2v) is 11.1. The highest BCUT2D eigenvalue weighted by Crippen LogP contribution is 2.37. The van der Waals surface area contributed by atoms with Crippen molar-refractivity contribution in [3.8, 4) is 34.0 Å². The van der Waals surface area contributed by atoms with Gasteiger partial charge in [-0.2, -0.15) is 0 Å². The Morgan fingerprint density at radius 3 is 1.57 bits per heavy atom. The van der Waals surface area contributed by atoms with Crippen LogP contribution >= 0.6 is 0 Å². The average Bonchev–Trinajstić information content (AvgIpc) is 3.61. The fourth-order valence-corrected chi connectivity index (χ4v) is 6.61. The minimum absolute atomic E-state index is 0.718. The van der Waals surface area contributed by atoms with Crippen molar-refractivity contribution in [2.75, 3.05) is 0 Å². The van der Waals surface area contributed by atoms with Crippen LogP contribution in [0.2, 0.25) is 0 Å². The Balaban J connectivity index is 1.18. The molecule has 4 nitrogen and oxygen atoms in total. The van der Waals surface area contributed by atoms with Gasteiger partial charge >= 0.3 is 0 Å². The highest BCUT2D eigenvalue weighted by molar-refractivity contribution is 6.12. The molecule has 206 valence electrons. The van der Waals surface area contributed by atoms with Gasteiger partial charge in [0.05, 0.1) is 27.8 Å². The molecule has 0 fully saturated rings. The normalized spacial score (nSPS) is 11.6. The predicted molar refractivity (Wildman–Crippen MR) is 182 cm³/mol. The van der Waals surface area contributed by atoms with Crippen LogP contribution in [0.5, 0.6) is 0 Å². The maximum absolute atomic E-state index is 4.86. The van der Waals surface area contributed by atoms with Crippen LogP contribution in [0, 0.1) is 0 Å². The third-order valence-electron chi connectivity index (χ3n) is 8.60. The number of rotatable bonds is 4. The van der Waals surface area contributed by atoms with E-state index >= 15 is 0 Å². The van der Waals surface area contributed by atoms with E-state index in [1.807, 2.05) is 30.5 Å². The lowest BCUT2D eigenvalue weighted by molar-refractivity contribution is 1.16. The molecule has 0 radical (unpaired) electrons. The summed E-state index contributed by atoms with van der Waals surface area (Å²) in [5.74, 6) is 0.718. The number of nitrogens with zero attached hydrogens (tertiary/aromatic N) is 4. The van der Waals surface area contributed by atoms with Crippen LogP contribution < -0.4 is 0 Å². The van der Waals surface area contributed by atoms with E-state index in [-0.39, 0.29) is 0 Å². The number of fused-ring (bicyclic) bond motifs is 6. The number of para-hydroxylation sites is 3. The van der Waals surface area contributed by atoms with Gasteiger partial charge in [0.1, 0.15) is 0 Å². The van der Waals surface area contributed by atoms with Crippen molar-refractivity contribution < 1.29 is 0 Å². The van der Waals surface area contributed by atoms with Crippen LogP contribution in [0.4, 0.5) is 0 Å². The first-order chi connectivity index (χ1) is 21.8. The van der Waals surface area contributed by atoms with Crippen molar-refractivity contribution >= 4 is 43.6 Å². The Bertz CT molecular complexity index is 2430. The summed E-state index contributed by atoms with van der Waals surface area (Å²) < 4.78 is 4.74. The molecule has 0 N–H and O–H groups in total. The van der Waals surface area contributed by atoms with Crippen LogP contribution in [-0.2, 0) is 0 Å². The summed E-state index contributed by atoms with van der Waals surface area (Å²) in [5.41, 5.74) is 10.0. The molecule has 9 rings (SSSR count). The molecule has 0 saturated carbocycles. The van der Waals surface area contributed by atoms with Gasteiger partial charge in [-0.25, -0.2) is 9.97 Å². The van der Waals surface area contributed by atoms with Crippen LogP contribution in [0.25, 0.3) is 77.6 Å². The number of benzene rings is 6. The van der Waals surface area contributed by atoms with E-state index in [1.165, 1.54) is 43.6 Å². The molecule has 4 heteroatoms. The zero-order valence-corrected chi connectivity index (χ0v) is 23.8. The Labute approximate surface area is 254 Å². The molecule has 0 bridgehead atoms. The molecule has 0 atom stereocenters. The summed E-state index contributed by atoms with van der Waals surface area (Å²) in [6, 6.07) is 53.6. The monoisotopic (exact) mass is 562 g/mol. The Kier molecular flexibility index (Phi) is 5.47. The summed E-state index contributed by atoms with van der Waals surface area (Å²) in [7, 11) is 0. The second-order valence-electron chi connectivity index (χ2n) is 11.1. The molecule has 6 aromatic carbocycles. The van der Waals surface area contributed by atoms with Crippen LogP contribution in [0.1, 0.15) is 0 Å². The van der Waals surface area contributed by atoms with Crippen LogP contribution in [0.15, 0.2) is 158 Å². The van der Waals surface area contributed by atoms with Gasteiger partial charge in [-0.15, -0.1) is 0 Å². The standard InChI is InChI=1S/C40H26N4/c1-2-10-27(11-3-1)35-24-25-41-40(42-35)28-18-20-29(21-19-28)43-38-17-9-6-14-33(38)34-26-30(22-23-39(34)43)44-36-15-7-4-12-31(36)32-13-5-8-16-37(32)44/h1-26H. The molecule has 0 amide bonds. The average molecular weight is 563 g/mol. The molecule has 0 spiro atoms. The Morgan fingerprint density at radius 2 is 0.909 bits per heavy atom. The molecule has 0 aliphatic carbocycles. The van der Waals surface area contributed by atoms with E-state index in [2.05, 4.69) is 142 Å². The zero-order chi connectivity index (χ0) is 29.0. The first-order valence-electron chi connectivity index (χ1n) is 14.8. The molecule has 0 aliphatic heterocycles. The molecule has 0 aliphatic rings. The molecule has 3 aromatic heterocycles. The van der Waals surface area contributed by atoms with E-state index in [4.69, 9.17) is 4.98 Å². The lowest BCUT2D eigenvalue weighted by atomic mass is 10.1. The van der Waals surface area contributed by atoms with Crippen LogP contribution in [0.3, 0.4) is 0 Å². The summed E-state index contributed by atoms with van der Waals surface area (Å²) in [4.78, 5) is 9.45. The minimum atomic E-state index is 0.718. The highest BCUT2D eigenvalue weighted by Gasteiger charge is 2.16. The predicted octanol–water partition coefficient (Wildman–Crippen LogP) is 10.0. The van der Waals surface area contributed by atoms with Gasteiger partial charge in [-0.05, 0) is 66.7 Å². The van der Waals surface area contributed by atoms with Gasteiger partial charge < -0.3 is 9.13 Å². The summed E-state index contributed by atoms with van der Waals surface area (Å²) in [6.45, 7) is 0. The largest absolute Gasteiger partial charge is 0.309 e. The van der Waals surface area contributed by atoms with Crippen molar-refractivity contribution in [2.24, 2.45) is 0 Å². The molecule has 0 saturated heterocycles. The van der Waals surface area contributed by atoms with Gasteiger partial charge in [0.25, 0.3) is 0 Å². The van der Waals surface area contributed by atoms with Gasteiger partial charge in [0, 0.05) is 50.2 Å². The fraction of sp³-hybridized carbons (Fsp3) is 0. The summed E-state index contributed by atoms with van der Waals surface area (Å²) in [5, 5.41) is 4.99. The molecule has 3 heterocycles. The lowest BCUT2D eigenvalue weighted by Gasteiger charge is -2.11. The smallest absolute Gasteiger partial charge is 0.159 e. The Hall–Kier alpha value is -6.00.